The number of hydrogen-bond donors (Lipinski definition) is 2. The van der Waals surface area contributed by atoms with Gasteiger partial charge in [-0.1, -0.05) is 6.58 Å². The first kappa shape index (κ1) is 19.0. The molecular weight excluding hydrogens is 266 g/mol. The molecule has 0 aliphatic heterocycles. The number of rotatable bonds is 15. The second kappa shape index (κ2) is 14.4. The zero-order valence-electron chi connectivity index (χ0n) is 11.8. The summed E-state index contributed by atoms with van der Waals surface area (Å²) in [5.41, 5.74) is 5.25. The first-order valence-corrected chi connectivity index (χ1v) is 6.58. The van der Waals surface area contributed by atoms with Crippen molar-refractivity contribution in [2.75, 3.05) is 59.5 Å². The van der Waals surface area contributed by atoms with Gasteiger partial charge in [-0.05, 0) is 6.42 Å². The topological polar surface area (TPSA) is 100 Å². The van der Waals surface area contributed by atoms with Gasteiger partial charge in [0.25, 0.3) is 0 Å². The molecule has 0 unspecified atom stereocenters. The summed E-state index contributed by atoms with van der Waals surface area (Å²) in [5.74, 6) is -0.550. The van der Waals surface area contributed by atoms with Crippen LogP contribution in [0.1, 0.15) is 6.42 Å². The smallest absolute Gasteiger partial charge is 0.246 e. The zero-order valence-corrected chi connectivity index (χ0v) is 11.8. The molecule has 7 heteroatoms. The maximum Gasteiger partial charge on any atom is 0.246 e. The number of nitrogens with two attached hydrogens (primary N) is 1. The highest BCUT2D eigenvalue weighted by molar-refractivity contribution is 5.91. The molecule has 118 valence electrons. The summed E-state index contributed by atoms with van der Waals surface area (Å²) in [6.45, 7) is 6.99. The van der Waals surface area contributed by atoms with Crippen molar-refractivity contribution in [3.8, 4) is 0 Å². The molecule has 0 aromatic rings. The predicted molar refractivity (Wildman–Crippen MR) is 73.3 cm³/mol. The third-order valence-corrected chi connectivity index (χ3v) is 2.18. The van der Waals surface area contributed by atoms with Crippen LogP contribution in [-0.4, -0.2) is 70.5 Å². The Hall–Kier alpha value is -0.990. The Labute approximate surface area is 119 Å². The van der Waals surface area contributed by atoms with Crippen LogP contribution in [0, 0.1) is 0 Å². The van der Waals surface area contributed by atoms with Crippen molar-refractivity contribution >= 4 is 5.91 Å². The quantitative estimate of drug-likeness (QED) is 0.311. The normalized spacial score (nSPS) is 10.7. The van der Waals surface area contributed by atoms with Crippen LogP contribution in [0.15, 0.2) is 12.2 Å². The Balaban J connectivity index is 3.06. The summed E-state index contributed by atoms with van der Waals surface area (Å²) in [6, 6.07) is 0. The van der Waals surface area contributed by atoms with E-state index in [1.54, 1.807) is 0 Å². The standard InChI is InChI=1S/C13H25NO6/c1-12(13(14)16)11-20-10-9-18-5-2-4-17-7-8-19-6-3-15/h15H,1-11H2,(H2,14,16). The summed E-state index contributed by atoms with van der Waals surface area (Å²) in [6.07, 6.45) is 0.786. The Morgan fingerprint density at radius 2 is 1.40 bits per heavy atom. The van der Waals surface area contributed by atoms with E-state index in [2.05, 4.69) is 6.58 Å². The molecule has 0 bridgehead atoms. The maximum atomic E-state index is 10.6. The first-order valence-electron chi connectivity index (χ1n) is 6.58. The maximum absolute atomic E-state index is 10.6. The fourth-order valence-corrected chi connectivity index (χ4v) is 1.14. The van der Waals surface area contributed by atoms with Crippen molar-refractivity contribution in [3.63, 3.8) is 0 Å². The minimum absolute atomic E-state index is 0.0305. The fraction of sp³-hybridized carbons (Fsp3) is 0.769. The number of aliphatic hydroxyl groups excluding tert-OH is 1. The van der Waals surface area contributed by atoms with Crippen molar-refractivity contribution in [3.05, 3.63) is 12.2 Å². The SMILES string of the molecule is C=C(COCCOCCCOCCOCCO)C(N)=O. The highest BCUT2D eigenvalue weighted by Gasteiger charge is 2.00. The molecule has 0 rings (SSSR count). The van der Waals surface area contributed by atoms with Crippen LogP contribution in [-0.2, 0) is 23.7 Å². The summed E-state index contributed by atoms with van der Waals surface area (Å²) < 4.78 is 20.8. The van der Waals surface area contributed by atoms with E-state index >= 15 is 0 Å². The van der Waals surface area contributed by atoms with Gasteiger partial charge >= 0.3 is 0 Å². The number of hydrogen-bond acceptors (Lipinski definition) is 6. The molecule has 0 spiro atoms. The molecule has 0 aromatic carbocycles. The van der Waals surface area contributed by atoms with Gasteiger partial charge in [-0.15, -0.1) is 0 Å². The van der Waals surface area contributed by atoms with E-state index in [9.17, 15) is 4.79 Å². The van der Waals surface area contributed by atoms with Gasteiger partial charge in [0.15, 0.2) is 0 Å². The lowest BCUT2D eigenvalue weighted by Crippen LogP contribution is -2.18. The predicted octanol–water partition coefficient (Wildman–Crippen LogP) is -0.523. The summed E-state index contributed by atoms with van der Waals surface area (Å²) in [5, 5.41) is 8.46. The van der Waals surface area contributed by atoms with Gasteiger partial charge in [0, 0.05) is 18.8 Å². The van der Waals surface area contributed by atoms with Gasteiger partial charge in [-0.3, -0.25) is 4.79 Å². The molecule has 0 saturated heterocycles. The van der Waals surface area contributed by atoms with Crippen LogP contribution < -0.4 is 5.73 Å². The highest BCUT2D eigenvalue weighted by atomic mass is 16.5. The average molecular weight is 291 g/mol. The van der Waals surface area contributed by atoms with Crippen LogP contribution in [0.2, 0.25) is 0 Å². The van der Waals surface area contributed by atoms with Gasteiger partial charge in [0.05, 0.1) is 46.2 Å². The number of amides is 1. The molecular formula is C13H25NO6. The Morgan fingerprint density at radius 1 is 0.900 bits per heavy atom. The van der Waals surface area contributed by atoms with E-state index in [4.69, 9.17) is 29.8 Å². The molecule has 7 nitrogen and oxygen atoms in total. The van der Waals surface area contributed by atoms with Crippen molar-refractivity contribution in [1.82, 2.24) is 0 Å². The number of carbonyl (C=O) groups is 1. The summed E-state index contributed by atoms with van der Waals surface area (Å²) in [4.78, 5) is 10.6. The van der Waals surface area contributed by atoms with Crippen molar-refractivity contribution in [2.45, 2.75) is 6.42 Å². The number of ether oxygens (including phenoxy) is 4. The molecule has 3 N–H and O–H groups in total. The fourth-order valence-electron chi connectivity index (χ4n) is 1.14. The molecule has 0 atom stereocenters. The first-order chi connectivity index (χ1) is 9.68. The second-order valence-corrected chi connectivity index (χ2v) is 3.93. The van der Waals surface area contributed by atoms with Crippen LogP contribution >= 0.6 is 0 Å². The molecule has 0 heterocycles. The van der Waals surface area contributed by atoms with E-state index < -0.39 is 5.91 Å². The second-order valence-electron chi connectivity index (χ2n) is 3.93. The zero-order chi connectivity index (χ0) is 15.1. The molecule has 0 fully saturated rings. The van der Waals surface area contributed by atoms with Crippen LogP contribution in [0.4, 0.5) is 0 Å². The Morgan fingerprint density at radius 3 is 1.90 bits per heavy atom. The lowest BCUT2D eigenvalue weighted by atomic mass is 10.3. The minimum atomic E-state index is -0.550. The van der Waals surface area contributed by atoms with Crippen LogP contribution in [0.5, 0.6) is 0 Å². The largest absolute Gasteiger partial charge is 0.394 e. The Bertz CT molecular complexity index is 259. The minimum Gasteiger partial charge on any atom is -0.394 e. The summed E-state index contributed by atoms with van der Waals surface area (Å²) in [7, 11) is 0. The van der Waals surface area contributed by atoms with Crippen LogP contribution in [0.3, 0.4) is 0 Å². The van der Waals surface area contributed by atoms with Gasteiger partial charge in [0.2, 0.25) is 5.91 Å². The average Bonchev–Trinajstić information content (AvgIpc) is 2.43. The van der Waals surface area contributed by atoms with Crippen molar-refractivity contribution in [1.29, 1.82) is 0 Å². The monoisotopic (exact) mass is 291 g/mol. The molecule has 0 aromatic heterocycles. The van der Waals surface area contributed by atoms with E-state index in [1.807, 2.05) is 0 Å². The number of carbonyl (C=O) groups excluding carboxylic acids is 1. The van der Waals surface area contributed by atoms with Gasteiger partial charge < -0.3 is 29.8 Å². The third kappa shape index (κ3) is 13.4. The lowest BCUT2D eigenvalue weighted by molar-refractivity contribution is -0.115. The molecule has 0 aliphatic rings. The van der Waals surface area contributed by atoms with Gasteiger partial charge in [-0.2, -0.15) is 0 Å². The molecule has 0 radical (unpaired) electrons. The van der Waals surface area contributed by atoms with Gasteiger partial charge in [-0.25, -0.2) is 0 Å². The highest BCUT2D eigenvalue weighted by Crippen LogP contribution is 1.91. The van der Waals surface area contributed by atoms with Gasteiger partial charge in [0.1, 0.15) is 0 Å². The summed E-state index contributed by atoms with van der Waals surface area (Å²) >= 11 is 0. The van der Waals surface area contributed by atoms with Crippen LogP contribution in [0.25, 0.3) is 0 Å². The number of aliphatic hydroxyl groups is 1. The third-order valence-electron chi connectivity index (χ3n) is 2.18. The van der Waals surface area contributed by atoms with E-state index in [-0.39, 0.29) is 18.8 Å². The van der Waals surface area contributed by atoms with E-state index in [1.165, 1.54) is 0 Å². The van der Waals surface area contributed by atoms with E-state index in [0.29, 0.717) is 46.2 Å². The molecule has 0 aliphatic carbocycles. The Kier molecular flexibility index (Phi) is 13.7. The van der Waals surface area contributed by atoms with E-state index in [0.717, 1.165) is 6.42 Å². The van der Waals surface area contributed by atoms with Crippen molar-refractivity contribution in [2.24, 2.45) is 5.73 Å². The number of primary amides is 1. The molecule has 20 heavy (non-hydrogen) atoms. The van der Waals surface area contributed by atoms with Crippen molar-refractivity contribution < 1.29 is 28.8 Å². The molecule has 1 amide bonds. The lowest BCUT2D eigenvalue weighted by Gasteiger charge is -2.07. The molecule has 0 saturated carbocycles.